The molecule has 6 nitrogen and oxygen atoms in total. The molecule has 0 saturated heterocycles. The van der Waals surface area contributed by atoms with Gasteiger partial charge >= 0.3 is 0 Å². The lowest BCUT2D eigenvalue weighted by Crippen LogP contribution is -2.29. The molecule has 1 saturated carbocycles. The van der Waals surface area contributed by atoms with Gasteiger partial charge in [-0.15, -0.1) is 10.2 Å². The lowest BCUT2D eigenvalue weighted by molar-refractivity contribution is 0.0937. The molecule has 1 aliphatic rings. The van der Waals surface area contributed by atoms with Crippen molar-refractivity contribution >= 4 is 16.8 Å². The fraction of sp³-hybridized carbons (Fsp3) is 0.389. The number of aromatic nitrogens is 4. The van der Waals surface area contributed by atoms with Gasteiger partial charge in [0.1, 0.15) is 6.33 Å². The summed E-state index contributed by atoms with van der Waals surface area (Å²) in [4.78, 5) is 15.7. The molecular formula is C18H21N5O. The Kier molecular flexibility index (Phi) is 3.80. The Labute approximate surface area is 140 Å². The second-order valence-corrected chi connectivity index (χ2v) is 6.51. The highest BCUT2D eigenvalue weighted by Gasteiger charge is 2.23. The van der Waals surface area contributed by atoms with Gasteiger partial charge < -0.3 is 14.9 Å². The molecule has 1 aliphatic carbocycles. The maximum atomic E-state index is 12.6. The number of fused-ring (bicyclic) bond motifs is 1. The van der Waals surface area contributed by atoms with Crippen LogP contribution in [0.25, 0.3) is 10.9 Å². The Morgan fingerprint density at radius 2 is 2.17 bits per heavy atom. The number of nitrogens with zero attached hydrogens (tertiary/aromatic N) is 3. The van der Waals surface area contributed by atoms with Crippen LogP contribution in [-0.2, 0) is 0 Å². The first-order valence-electron chi connectivity index (χ1n) is 8.50. The maximum Gasteiger partial charge on any atom is 0.251 e. The second-order valence-electron chi connectivity index (χ2n) is 6.51. The van der Waals surface area contributed by atoms with Crippen LogP contribution in [0.5, 0.6) is 0 Å². The van der Waals surface area contributed by atoms with Crippen molar-refractivity contribution in [3.8, 4) is 0 Å². The zero-order valence-electron chi connectivity index (χ0n) is 13.7. The molecule has 1 aromatic carbocycles. The monoisotopic (exact) mass is 323 g/mol. The van der Waals surface area contributed by atoms with Gasteiger partial charge in [0.15, 0.2) is 5.82 Å². The van der Waals surface area contributed by atoms with E-state index in [-0.39, 0.29) is 11.9 Å². The van der Waals surface area contributed by atoms with Gasteiger partial charge in [-0.3, -0.25) is 4.79 Å². The highest BCUT2D eigenvalue weighted by atomic mass is 16.1. The summed E-state index contributed by atoms with van der Waals surface area (Å²) in [6.07, 6.45) is 8.49. The van der Waals surface area contributed by atoms with Crippen molar-refractivity contribution in [1.82, 2.24) is 25.1 Å². The molecule has 3 aromatic rings. The number of hydrogen-bond donors (Lipinski definition) is 2. The number of aromatic amines is 1. The standard InChI is InChI=1S/C18H21N5O/c1-12(17-22-20-11-23(17)15-4-2-3-5-15)21-18(24)14-7-6-13-8-9-19-16(13)10-14/h6-12,15,19H,2-5H2,1H3,(H,21,24)/t12-/m0/s1. The van der Waals surface area contributed by atoms with Crippen LogP contribution in [0.15, 0.2) is 36.8 Å². The zero-order chi connectivity index (χ0) is 16.5. The third-order valence-electron chi connectivity index (χ3n) is 4.87. The second kappa shape index (κ2) is 6.11. The summed E-state index contributed by atoms with van der Waals surface area (Å²) in [5, 5.41) is 12.4. The van der Waals surface area contributed by atoms with Crippen molar-refractivity contribution in [2.45, 2.75) is 44.7 Å². The van der Waals surface area contributed by atoms with E-state index in [9.17, 15) is 4.79 Å². The smallest absolute Gasteiger partial charge is 0.251 e. The first-order valence-corrected chi connectivity index (χ1v) is 8.50. The van der Waals surface area contributed by atoms with Gasteiger partial charge in [-0.2, -0.15) is 0 Å². The predicted octanol–water partition coefficient (Wildman–Crippen LogP) is 3.37. The minimum Gasteiger partial charge on any atom is -0.361 e. The van der Waals surface area contributed by atoms with E-state index < -0.39 is 0 Å². The Morgan fingerprint density at radius 1 is 1.33 bits per heavy atom. The average molecular weight is 323 g/mol. The largest absolute Gasteiger partial charge is 0.361 e. The summed E-state index contributed by atoms with van der Waals surface area (Å²) in [5.41, 5.74) is 1.60. The number of carbonyl (C=O) groups excluding carboxylic acids is 1. The number of hydrogen-bond acceptors (Lipinski definition) is 3. The highest BCUT2D eigenvalue weighted by molar-refractivity contribution is 5.98. The van der Waals surface area contributed by atoms with Crippen LogP contribution in [0.2, 0.25) is 0 Å². The van der Waals surface area contributed by atoms with E-state index >= 15 is 0 Å². The third kappa shape index (κ3) is 2.68. The van der Waals surface area contributed by atoms with E-state index in [4.69, 9.17) is 0 Å². The molecule has 24 heavy (non-hydrogen) atoms. The molecule has 0 aliphatic heterocycles. The summed E-state index contributed by atoms with van der Waals surface area (Å²) < 4.78 is 2.13. The molecule has 0 bridgehead atoms. The molecule has 2 aromatic heterocycles. The summed E-state index contributed by atoms with van der Waals surface area (Å²) in [5.74, 6) is 0.733. The molecular weight excluding hydrogens is 302 g/mol. The number of carbonyl (C=O) groups is 1. The molecule has 4 rings (SSSR count). The summed E-state index contributed by atoms with van der Waals surface area (Å²) in [6, 6.07) is 7.94. The average Bonchev–Trinajstić information content (AvgIpc) is 3.32. The molecule has 1 amide bonds. The van der Waals surface area contributed by atoms with Crippen molar-refractivity contribution in [3.63, 3.8) is 0 Å². The number of H-pyrrole nitrogens is 1. The van der Waals surface area contributed by atoms with Crippen LogP contribution in [-0.4, -0.2) is 25.7 Å². The van der Waals surface area contributed by atoms with Crippen molar-refractivity contribution in [1.29, 1.82) is 0 Å². The van der Waals surface area contributed by atoms with Crippen molar-refractivity contribution in [3.05, 3.63) is 48.2 Å². The molecule has 2 N–H and O–H groups in total. The summed E-state index contributed by atoms with van der Waals surface area (Å²) in [6.45, 7) is 1.96. The van der Waals surface area contributed by atoms with Gasteiger partial charge in [-0.05, 0) is 43.4 Å². The zero-order valence-corrected chi connectivity index (χ0v) is 13.7. The van der Waals surface area contributed by atoms with E-state index in [2.05, 4.69) is 25.1 Å². The number of nitrogens with one attached hydrogen (secondary N) is 2. The molecule has 0 unspecified atom stereocenters. The van der Waals surface area contributed by atoms with Crippen LogP contribution < -0.4 is 5.32 Å². The number of rotatable bonds is 4. The number of benzene rings is 1. The lowest BCUT2D eigenvalue weighted by Gasteiger charge is -2.18. The number of amides is 1. The van der Waals surface area contributed by atoms with Crippen LogP contribution in [0, 0.1) is 0 Å². The first-order chi connectivity index (χ1) is 11.7. The predicted molar refractivity (Wildman–Crippen MR) is 91.7 cm³/mol. The SMILES string of the molecule is C[C@H](NC(=O)c1ccc2cc[nH]c2c1)c1nncn1C1CCCC1. The molecule has 2 heterocycles. The van der Waals surface area contributed by atoms with Gasteiger partial charge in [-0.1, -0.05) is 18.9 Å². The summed E-state index contributed by atoms with van der Waals surface area (Å²) >= 11 is 0. The van der Waals surface area contributed by atoms with Crippen molar-refractivity contribution in [2.75, 3.05) is 0 Å². The van der Waals surface area contributed by atoms with Crippen molar-refractivity contribution < 1.29 is 4.79 Å². The van der Waals surface area contributed by atoms with Gasteiger partial charge in [0.25, 0.3) is 5.91 Å². The van der Waals surface area contributed by atoms with E-state index in [1.54, 1.807) is 6.33 Å². The first kappa shape index (κ1) is 14.9. The normalized spacial score (nSPS) is 16.5. The van der Waals surface area contributed by atoms with Gasteiger partial charge in [0.2, 0.25) is 0 Å². The minimum absolute atomic E-state index is 0.0972. The molecule has 6 heteroatoms. The van der Waals surface area contributed by atoms with Crippen LogP contribution in [0.3, 0.4) is 0 Å². The third-order valence-corrected chi connectivity index (χ3v) is 4.87. The summed E-state index contributed by atoms with van der Waals surface area (Å²) in [7, 11) is 0. The Hall–Kier alpha value is -2.63. The van der Waals surface area contributed by atoms with Crippen LogP contribution >= 0.6 is 0 Å². The Balaban J connectivity index is 1.52. The fourth-order valence-corrected chi connectivity index (χ4v) is 3.56. The van der Waals surface area contributed by atoms with Gasteiger partial charge in [0.05, 0.1) is 6.04 Å². The molecule has 0 spiro atoms. The quantitative estimate of drug-likeness (QED) is 0.773. The molecule has 0 radical (unpaired) electrons. The van der Waals surface area contributed by atoms with Crippen molar-refractivity contribution in [2.24, 2.45) is 0 Å². The Morgan fingerprint density at radius 3 is 3.00 bits per heavy atom. The van der Waals surface area contributed by atoms with Gasteiger partial charge in [0, 0.05) is 23.3 Å². The van der Waals surface area contributed by atoms with E-state index in [0.717, 1.165) is 29.6 Å². The van der Waals surface area contributed by atoms with E-state index in [0.29, 0.717) is 11.6 Å². The van der Waals surface area contributed by atoms with E-state index in [1.807, 2.05) is 37.4 Å². The molecule has 1 atom stereocenters. The topological polar surface area (TPSA) is 75.6 Å². The maximum absolute atomic E-state index is 12.6. The fourth-order valence-electron chi connectivity index (χ4n) is 3.56. The lowest BCUT2D eigenvalue weighted by atomic mass is 10.1. The van der Waals surface area contributed by atoms with Crippen LogP contribution in [0.4, 0.5) is 0 Å². The molecule has 124 valence electrons. The highest BCUT2D eigenvalue weighted by Crippen LogP contribution is 2.31. The van der Waals surface area contributed by atoms with Gasteiger partial charge in [-0.25, -0.2) is 0 Å². The van der Waals surface area contributed by atoms with E-state index in [1.165, 1.54) is 12.8 Å². The molecule has 1 fully saturated rings. The Bertz CT molecular complexity index is 859. The minimum atomic E-state index is -0.181. The van der Waals surface area contributed by atoms with Crippen LogP contribution in [0.1, 0.15) is 60.9 Å².